The van der Waals surface area contributed by atoms with Crippen LogP contribution < -0.4 is 10.1 Å². The molecule has 1 aliphatic carbocycles. The van der Waals surface area contributed by atoms with Gasteiger partial charge in [0, 0.05) is 0 Å². The quantitative estimate of drug-likeness (QED) is 0.863. The van der Waals surface area contributed by atoms with Crippen molar-refractivity contribution in [2.75, 3.05) is 20.2 Å². The maximum Gasteiger partial charge on any atom is 0.119 e. The van der Waals surface area contributed by atoms with E-state index in [1.807, 2.05) is 6.07 Å². The Bertz CT molecular complexity index is 392. The first-order valence-corrected chi connectivity index (χ1v) is 6.70. The first kappa shape index (κ1) is 11.1. The second-order valence-corrected chi connectivity index (χ2v) is 5.43. The Morgan fingerprint density at radius 1 is 1.35 bits per heavy atom. The lowest BCUT2D eigenvalue weighted by atomic mass is 9.57. The van der Waals surface area contributed by atoms with E-state index in [9.17, 15) is 0 Å². The molecule has 1 N–H and O–H groups in total. The summed E-state index contributed by atoms with van der Waals surface area (Å²) in [6, 6.07) is 8.72. The molecule has 2 aliphatic rings. The normalized spacial score (nSPS) is 26.5. The zero-order chi connectivity index (χ0) is 11.7. The van der Waals surface area contributed by atoms with E-state index in [0.29, 0.717) is 5.41 Å². The number of nitrogens with one attached hydrogen (secondary N) is 1. The molecule has 2 fully saturated rings. The molecule has 2 heteroatoms. The third-order valence-corrected chi connectivity index (χ3v) is 4.73. The molecule has 1 heterocycles. The highest BCUT2D eigenvalue weighted by Crippen LogP contribution is 2.51. The van der Waals surface area contributed by atoms with E-state index < -0.39 is 0 Å². The van der Waals surface area contributed by atoms with Gasteiger partial charge in [-0.15, -0.1) is 0 Å². The molecule has 0 bridgehead atoms. The average Bonchev–Trinajstić information content (AvgIpc) is 2.82. The van der Waals surface area contributed by atoms with Crippen molar-refractivity contribution in [3.63, 3.8) is 0 Å². The molecule has 1 aromatic rings. The van der Waals surface area contributed by atoms with E-state index in [1.54, 1.807) is 7.11 Å². The van der Waals surface area contributed by atoms with Gasteiger partial charge in [-0.25, -0.2) is 0 Å². The van der Waals surface area contributed by atoms with Crippen LogP contribution in [0.4, 0.5) is 0 Å². The molecule has 0 aromatic heterocycles. The number of ether oxygens (including phenoxy) is 1. The SMILES string of the molecule is COc1cccc(C2(C3CCNC3)CCC2)c1. The largest absolute Gasteiger partial charge is 0.497 e. The van der Waals surface area contributed by atoms with Gasteiger partial charge in [-0.1, -0.05) is 18.6 Å². The maximum atomic E-state index is 5.37. The van der Waals surface area contributed by atoms with Crippen LogP contribution in [0.25, 0.3) is 0 Å². The number of benzene rings is 1. The van der Waals surface area contributed by atoms with E-state index in [0.717, 1.165) is 11.7 Å². The predicted octanol–water partition coefficient (Wildman–Crippen LogP) is 2.73. The zero-order valence-electron chi connectivity index (χ0n) is 10.5. The Kier molecular flexibility index (Phi) is 2.83. The Hall–Kier alpha value is -1.02. The molecule has 92 valence electrons. The fraction of sp³-hybridized carbons (Fsp3) is 0.600. The molecule has 0 spiro atoms. The fourth-order valence-electron chi connectivity index (χ4n) is 3.55. The van der Waals surface area contributed by atoms with E-state index in [2.05, 4.69) is 23.5 Å². The van der Waals surface area contributed by atoms with Crippen LogP contribution in [0.15, 0.2) is 24.3 Å². The van der Waals surface area contributed by atoms with Crippen LogP contribution in [0.2, 0.25) is 0 Å². The Morgan fingerprint density at radius 2 is 2.24 bits per heavy atom. The first-order valence-electron chi connectivity index (χ1n) is 6.70. The Balaban J connectivity index is 1.93. The minimum atomic E-state index is 0.442. The molecule has 1 aliphatic heterocycles. The third-order valence-electron chi connectivity index (χ3n) is 4.73. The molecular formula is C15H21NO. The van der Waals surface area contributed by atoms with Crippen molar-refractivity contribution >= 4 is 0 Å². The third kappa shape index (κ3) is 1.75. The van der Waals surface area contributed by atoms with Crippen molar-refractivity contribution < 1.29 is 4.74 Å². The summed E-state index contributed by atoms with van der Waals surface area (Å²) in [4.78, 5) is 0. The van der Waals surface area contributed by atoms with Gasteiger partial charge in [-0.05, 0) is 61.4 Å². The van der Waals surface area contributed by atoms with Gasteiger partial charge in [0.2, 0.25) is 0 Å². The topological polar surface area (TPSA) is 21.3 Å². The standard InChI is InChI=1S/C15H21NO/c1-17-14-5-2-4-12(10-14)15(7-3-8-15)13-6-9-16-11-13/h2,4-5,10,13,16H,3,6-9,11H2,1H3. The van der Waals surface area contributed by atoms with Gasteiger partial charge in [-0.3, -0.25) is 0 Å². The molecule has 0 amide bonds. The molecule has 3 rings (SSSR count). The summed E-state index contributed by atoms with van der Waals surface area (Å²) in [5.74, 6) is 1.82. The number of methoxy groups -OCH3 is 1. The molecule has 2 nitrogen and oxygen atoms in total. The summed E-state index contributed by atoms with van der Waals surface area (Å²) in [5.41, 5.74) is 1.94. The van der Waals surface area contributed by atoms with E-state index in [-0.39, 0.29) is 0 Å². The lowest BCUT2D eigenvalue weighted by Crippen LogP contribution is -2.42. The van der Waals surface area contributed by atoms with E-state index in [1.165, 1.54) is 44.3 Å². The second-order valence-electron chi connectivity index (χ2n) is 5.43. The summed E-state index contributed by atoms with van der Waals surface area (Å²) in [6.07, 6.45) is 5.42. The molecular weight excluding hydrogens is 210 g/mol. The summed E-state index contributed by atoms with van der Waals surface area (Å²) < 4.78 is 5.37. The summed E-state index contributed by atoms with van der Waals surface area (Å²) in [7, 11) is 1.75. The molecule has 1 atom stereocenters. The van der Waals surface area contributed by atoms with Gasteiger partial charge < -0.3 is 10.1 Å². The van der Waals surface area contributed by atoms with E-state index >= 15 is 0 Å². The Morgan fingerprint density at radius 3 is 2.82 bits per heavy atom. The van der Waals surface area contributed by atoms with Gasteiger partial charge >= 0.3 is 0 Å². The number of hydrogen-bond donors (Lipinski definition) is 1. The monoisotopic (exact) mass is 231 g/mol. The molecule has 17 heavy (non-hydrogen) atoms. The van der Waals surface area contributed by atoms with Crippen LogP contribution in [0.3, 0.4) is 0 Å². The van der Waals surface area contributed by atoms with Crippen LogP contribution in [0.1, 0.15) is 31.2 Å². The Labute approximate surface area is 103 Å². The van der Waals surface area contributed by atoms with Gasteiger partial charge in [0.05, 0.1) is 7.11 Å². The lowest BCUT2D eigenvalue weighted by molar-refractivity contribution is 0.156. The van der Waals surface area contributed by atoms with Crippen LogP contribution in [0.5, 0.6) is 5.75 Å². The maximum absolute atomic E-state index is 5.37. The van der Waals surface area contributed by atoms with Gasteiger partial charge in [-0.2, -0.15) is 0 Å². The molecule has 1 aromatic carbocycles. The van der Waals surface area contributed by atoms with Crippen LogP contribution in [0, 0.1) is 5.92 Å². The lowest BCUT2D eigenvalue weighted by Gasteiger charge is -2.47. The highest BCUT2D eigenvalue weighted by atomic mass is 16.5. The molecule has 1 saturated carbocycles. The van der Waals surface area contributed by atoms with Crippen molar-refractivity contribution in [3.8, 4) is 5.75 Å². The minimum Gasteiger partial charge on any atom is -0.497 e. The van der Waals surface area contributed by atoms with Crippen molar-refractivity contribution in [2.24, 2.45) is 5.92 Å². The summed E-state index contributed by atoms with van der Waals surface area (Å²) in [6.45, 7) is 2.38. The molecule has 1 saturated heterocycles. The smallest absolute Gasteiger partial charge is 0.119 e. The second kappa shape index (κ2) is 4.34. The molecule has 0 radical (unpaired) electrons. The van der Waals surface area contributed by atoms with Gasteiger partial charge in [0.1, 0.15) is 5.75 Å². The van der Waals surface area contributed by atoms with Crippen LogP contribution in [-0.4, -0.2) is 20.2 Å². The highest BCUT2D eigenvalue weighted by Gasteiger charge is 2.46. The summed E-state index contributed by atoms with van der Waals surface area (Å²) in [5, 5.41) is 3.51. The highest BCUT2D eigenvalue weighted by molar-refractivity contribution is 5.36. The van der Waals surface area contributed by atoms with E-state index in [4.69, 9.17) is 4.74 Å². The van der Waals surface area contributed by atoms with Gasteiger partial charge in [0.15, 0.2) is 0 Å². The zero-order valence-corrected chi connectivity index (χ0v) is 10.5. The van der Waals surface area contributed by atoms with Crippen LogP contribution in [-0.2, 0) is 5.41 Å². The first-order chi connectivity index (χ1) is 8.35. The average molecular weight is 231 g/mol. The van der Waals surface area contributed by atoms with Crippen molar-refractivity contribution in [1.82, 2.24) is 5.32 Å². The van der Waals surface area contributed by atoms with Crippen molar-refractivity contribution in [3.05, 3.63) is 29.8 Å². The fourth-order valence-corrected chi connectivity index (χ4v) is 3.55. The summed E-state index contributed by atoms with van der Waals surface area (Å²) >= 11 is 0. The van der Waals surface area contributed by atoms with Crippen molar-refractivity contribution in [1.29, 1.82) is 0 Å². The molecule has 1 unspecified atom stereocenters. The number of hydrogen-bond acceptors (Lipinski definition) is 2. The van der Waals surface area contributed by atoms with Crippen LogP contribution >= 0.6 is 0 Å². The number of rotatable bonds is 3. The minimum absolute atomic E-state index is 0.442. The van der Waals surface area contributed by atoms with Gasteiger partial charge in [0.25, 0.3) is 0 Å². The predicted molar refractivity (Wildman–Crippen MR) is 69.5 cm³/mol. The van der Waals surface area contributed by atoms with Crippen molar-refractivity contribution in [2.45, 2.75) is 31.1 Å².